The Kier molecular flexibility index (Phi) is 4.41. The van der Waals surface area contributed by atoms with Gasteiger partial charge in [-0.3, -0.25) is 9.79 Å². The molecule has 1 aliphatic rings. The van der Waals surface area contributed by atoms with Crippen molar-refractivity contribution >= 4 is 28.3 Å². The smallest absolute Gasteiger partial charge is 0.266 e. The number of aliphatic imine (C=N–C) groups is 1. The van der Waals surface area contributed by atoms with Crippen molar-refractivity contribution in [3.05, 3.63) is 102 Å². The third-order valence-corrected chi connectivity index (χ3v) is 5.16. The van der Waals surface area contributed by atoms with Gasteiger partial charge in [0.15, 0.2) is 6.17 Å². The normalized spacial score (nSPS) is 16.3. The number of rotatable bonds is 3. The van der Waals surface area contributed by atoms with E-state index in [1.807, 2.05) is 54.6 Å². The summed E-state index contributed by atoms with van der Waals surface area (Å²) in [5.41, 5.74) is 8.78. The fourth-order valence-corrected chi connectivity index (χ4v) is 3.75. The lowest BCUT2D eigenvalue weighted by Gasteiger charge is -2.23. The number of nitrogens with zero attached hydrogens (tertiary/aromatic N) is 2. The van der Waals surface area contributed by atoms with Crippen LogP contribution in [0, 0.1) is 5.82 Å². The lowest BCUT2D eigenvalue weighted by Crippen LogP contribution is -2.41. The Bertz CT molecular complexity index is 1260. The highest BCUT2D eigenvalue weighted by molar-refractivity contribution is 6.20. The number of benzodiazepines with no additional fused rings is 1. The van der Waals surface area contributed by atoms with E-state index in [9.17, 15) is 9.18 Å². The number of anilines is 1. The van der Waals surface area contributed by atoms with E-state index >= 15 is 0 Å². The number of halogens is 1. The molecule has 1 atom stereocenters. The van der Waals surface area contributed by atoms with Crippen LogP contribution in [-0.2, 0) is 11.3 Å². The van der Waals surface area contributed by atoms with Gasteiger partial charge in [-0.05, 0) is 30.3 Å². The Morgan fingerprint density at radius 3 is 2.47 bits per heavy atom. The molecule has 148 valence electrons. The second-order valence-corrected chi connectivity index (χ2v) is 7.09. The predicted molar refractivity (Wildman–Crippen MR) is 114 cm³/mol. The summed E-state index contributed by atoms with van der Waals surface area (Å²) in [5.74, 6) is -0.174. The molecule has 2 N–H and O–H groups in total. The minimum atomic E-state index is -1.16. The van der Waals surface area contributed by atoms with E-state index in [0.29, 0.717) is 28.3 Å². The van der Waals surface area contributed by atoms with Gasteiger partial charge < -0.3 is 15.1 Å². The summed E-state index contributed by atoms with van der Waals surface area (Å²) in [7, 11) is 0. The molecule has 0 saturated carbocycles. The van der Waals surface area contributed by atoms with Crippen LogP contribution in [0.5, 0.6) is 0 Å². The number of carbonyl (C=O) groups is 1. The molecule has 3 aromatic carbocycles. The van der Waals surface area contributed by atoms with Gasteiger partial charge in [0.1, 0.15) is 17.2 Å². The summed E-state index contributed by atoms with van der Waals surface area (Å²) in [6, 6.07) is 23.2. The summed E-state index contributed by atoms with van der Waals surface area (Å²) < 4.78 is 20.5. The Hall–Kier alpha value is -3.77. The maximum atomic E-state index is 14.6. The number of hydrogen-bond acceptors (Lipinski definition) is 4. The van der Waals surface area contributed by atoms with Crippen LogP contribution >= 0.6 is 0 Å². The third-order valence-electron chi connectivity index (χ3n) is 5.16. The fourth-order valence-electron chi connectivity index (χ4n) is 3.75. The average Bonchev–Trinajstić information content (AvgIpc) is 3.14. The van der Waals surface area contributed by atoms with Crippen LogP contribution in [0.3, 0.4) is 0 Å². The summed E-state index contributed by atoms with van der Waals surface area (Å²) in [6.07, 6.45) is -1.16. The zero-order valence-corrected chi connectivity index (χ0v) is 16.0. The van der Waals surface area contributed by atoms with E-state index in [1.165, 1.54) is 6.07 Å². The molecule has 2 heterocycles. The second kappa shape index (κ2) is 7.24. The topological polar surface area (TPSA) is 71.8 Å². The number of carbonyl (C=O) groups excluding carboxylic acids is 1. The number of nitrogens with two attached hydrogens (primary N) is 1. The van der Waals surface area contributed by atoms with E-state index in [2.05, 4.69) is 4.99 Å². The van der Waals surface area contributed by atoms with Crippen LogP contribution in [-0.4, -0.2) is 17.8 Å². The molecule has 1 aromatic heterocycles. The fraction of sp³-hybridized carbons (Fsp3) is 0.0833. The van der Waals surface area contributed by atoms with E-state index in [1.54, 1.807) is 23.1 Å². The molecule has 5 nitrogen and oxygen atoms in total. The highest BCUT2D eigenvalue weighted by Crippen LogP contribution is 2.31. The van der Waals surface area contributed by atoms with Gasteiger partial charge >= 0.3 is 0 Å². The van der Waals surface area contributed by atoms with Crippen molar-refractivity contribution in [3.8, 4) is 0 Å². The molecule has 0 bridgehead atoms. The molecule has 0 aliphatic carbocycles. The first-order chi connectivity index (χ1) is 14.6. The van der Waals surface area contributed by atoms with Crippen molar-refractivity contribution in [1.29, 1.82) is 0 Å². The summed E-state index contributed by atoms with van der Waals surface area (Å²) in [4.78, 5) is 19.1. The Morgan fingerprint density at radius 1 is 0.967 bits per heavy atom. The number of para-hydroxylation sites is 2. The zero-order chi connectivity index (χ0) is 20.7. The van der Waals surface area contributed by atoms with Gasteiger partial charge in [0, 0.05) is 16.5 Å². The highest BCUT2D eigenvalue weighted by atomic mass is 19.1. The monoisotopic (exact) mass is 399 g/mol. The van der Waals surface area contributed by atoms with E-state index < -0.39 is 12.0 Å². The van der Waals surface area contributed by atoms with Gasteiger partial charge in [0.05, 0.1) is 17.9 Å². The first-order valence-corrected chi connectivity index (χ1v) is 9.58. The Labute approximate surface area is 172 Å². The van der Waals surface area contributed by atoms with Gasteiger partial charge in [0.2, 0.25) is 0 Å². The lowest BCUT2D eigenvalue weighted by molar-refractivity contribution is -0.119. The summed E-state index contributed by atoms with van der Waals surface area (Å²) in [6.45, 7) is 0.193. The molecule has 6 heteroatoms. The largest absolute Gasteiger partial charge is 0.459 e. The molecule has 1 aliphatic heterocycles. The Morgan fingerprint density at radius 2 is 1.67 bits per heavy atom. The zero-order valence-electron chi connectivity index (χ0n) is 16.0. The maximum absolute atomic E-state index is 14.6. The molecule has 0 spiro atoms. The van der Waals surface area contributed by atoms with Crippen molar-refractivity contribution in [2.75, 3.05) is 4.90 Å². The molecular formula is C24H18FN3O2. The van der Waals surface area contributed by atoms with Crippen molar-refractivity contribution in [2.45, 2.75) is 12.7 Å². The minimum absolute atomic E-state index is 0.193. The van der Waals surface area contributed by atoms with Crippen molar-refractivity contribution in [3.63, 3.8) is 0 Å². The highest BCUT2D eigenvalue weighted by Gasteiger charge is 2.31. The van der Waals surface area contributed by atoms with Crippen molar-refractivity contribution in [2.24, 2.45) is 10.7 Å². The quantitative estimate of drug-likeness (QED) is 0.560. The third kappa shape index (κ3) is 3.07. The first kappa shape index (κ1) is 18.3. The predicted octanol–water partition coefficient (Wildman–Crippen LogP) is 4.24. The van der Waals surface area contributed by atoms with Crippen LogP contribution in [0.1, 0.15) is 16.9 Å². The second-order valence-electron chi connectivity index (χ2n) is 7.09. The molecule has 0 radical (unpaired) electrons. The van der Waals surface area contributed by atoms with Crippen LogP contribution in [0.15, 0.2) is 88.3 Å². The number of furan rings is 1. The Balaban J connectivity index is 1.62. The first-order valence-electron chi connectivity index (χ1n) is 9.58. The van der Waals surface area contributed by atoms with Crippen molar-refractivity contribution < 1.29 is 13.6 Å². The maximum Gasteiger partial charge on any atom is 0.266 e. The standard InChI is InChI=1S/C24H18FN3O2/c25-19-10-4-2-8-17(19)22-18-9-3-5-11-20(18)28(24(29)23(26)27-22)14-16-13-15-7-1-6-12-21(15)30-16/h1-13,23H,14,26H2. The molecule has 5 rings (SSSR count). The minimum Gasteiger partial charge on any atom is -0.459 e. The van der Waals surface area contributed by atoms with Gasteiger partial charge in [-0.2, -0.15) is 0 Å². The van der Waals surface area contributed by atoms with Crippen LogP contribution in [0.25, 0.3) is 11.0 Å². The molecule has 0 saturated heterocycles. The van der Waals surface area contributed by atoms with Gasteiger partial charge in [-0.15, -0.1) is 0 Å². The molecular weight excluding hydrogens is 381 g/mol. The van der Waals surface area contributed by atoms with E-state index in [-0.39, 0.29) is 12.5 Å². The SMILES string of the molecule is NC1N=C(c2ccccc2F)c2ccccc2N(Cc2cc3ccccc3o2)C1=O. The van der Waals surface area contributed by atoms with Gasteiger partial charge in [-0.25, -0.2) is 4.39 Å². The number of hydrogen-bond donors (Lipinski definition) is 1. The molecule has 0 fully saturated rings. The van der Waals surface area contributed by atoms with Gasteiger partial charge in [0.25, 0.3) is 5.91 Å². The molecule has 1 unspecified atom stereocenters. The average molecular weight is 399 g/mol. The summed E-state index contributed by atoms with van der Waals surface area (Å²) in [5, 5.41) is 0.954. The summed E-state index contributed by atoms with van der Waals surface area (Å²) >= 11 is 0. The van der Waals surface area contributed by atoms with E-state index in [0.717, 1.165) is 11.0 Å². The molecule has 30 heavy (non-hydrogen) atoms. The lowest BCUT2D eigenvalue weighted by atomic mass is 9.99. The molecule has 4 aromatic rings. The number of benzene rings is 3. The van der Waals surface area contributed by atoms with Gasteiger partial charge in [-0.1, -0.05) is 48.5 Å². The van der Waals surface area contributed by atoms with Crippen LogP contribution < -0.4 is 10.6 Å². The number of fused-ring (bicyclic) bond motifs is 2. The number of amides is 1. The molecule has 1 amide bonds. The van der Waals surface area contributed by atoms with E-state index in [4.69, 9.17) is 10.2 Å². The van der Waals surface area contributed by atoms with Crippen LogP contribution in [0.4, 0.5) is 10.1 Å². The van der Waals surface area contributed by atoms with Crippen molar-refractivity contribution in [1.82, 2.24) is 0 Å². The van der Waals surface area contributed by atoms with Crippen LogP contribution in [0.2, 0.25) is 0 Å².